The van der Waals surface area contributed by atoms with Crippen molar-refractivity contribution in [1.29, 1.82) is 0 Å². The van der Waals surface area contributed by atoms with Gasteiger partial charge in [-0.05, 0) is 60.7 Å². The van der Waals surface area contributed by atoms with Crippen LogP contribution in [-0.2, 0) is 0 Å². The third kappa shape index (κ3) is 8.35. The molecular weight excluding hydrogens is 396 g/mol. The summed E-state index contributed by atoms with van der Waals surface area (Å²) in [6.45, 7) is 4.14. The molecule has 176 valence electrons. The lowest BCUT2D eigenvalue weighted by molar-refractivity contribution is 0.182. The number of hydrogen-bond acceptors (Lipinski definition) is 3. The highest BCUT2D eigenvalue weighted by molar-refractivity contribution is 5.72. The average molecular weight is 439 g/mol. The largest absolute Gasteiger partial charge is 0.497 e. The smallest absolute Gasteiger partial charge is 0.118 e. The molecule has 0 fully saturated rings. The standard InChI is InChI=1S/C29H42O3/c1-5-6-7-8-9-10-11-12-13-14-28(24-15-19-26(31-3)20-16-24)29(23(2)30)25-17-21-27(32-4)22-18-25/h14-23,29-30H,5-13H2,1-4H3. The van der Waals surface area contributed by atoms with E-state index in [0.29, 0.717) is 0 Å². The molecule has 2 aromatic rings. The molecule has 2 unspecified atom stereocenters. The molecule has 0 aliphatic heterocycles. The third-order valence-corrected chi connectivity index (χ3v) is 6.14. The summed E-state index contributed by atoms with van der Waals surface area (Å²) in [6.07, 6.45) is 13.4. The number of aliphatic hydroxyl groups is 1. The Kier molecular flexibility index (Phi) is 12.0. The van der Waals surface area contributed by atoms with Crippen molar-refractivity contribution in [2.45, 2.75) is 83.7 Å². The van der Waals surface area contributed by atoms with Crippen molar-refractivity contribution < 1.29 is 14.6 Å². The predicted molar refractivity (Wildman–Crippen MR) is 136 cm³/mol. The second-order valence-corrected chi connectivity index (χ2v) is 8.64. The van der Waals surface area contributed by atoms with Gasteiger partial charge in [-0.25, -0.2) is 0 Å². The SMILES string of the molecule is CCCCCCCCCCC=C(c1ccc(OC)cc1)C(c1ccc(OC)cc1)C(C)O. The van der Waals surface area contributed by atoms with Crippen molar-refractivity contribution in [1.82, 2.24) is 0 Å². The normalized spacial score (nSPS) is 13.6. The quantitative estimate of drug-likeness (QED) is 0.288. The lowest BCUT2D eigenvalue weighted by Crippen LogP contribution is -2.16. The van der Waals surface area contributed by atoms with Crippen LogP contribution in [0.2, 0.25) is 0 Å². The molecule has 0 radical (unpaired) electrons. The fourth-order valence-corrected chi connectivity index (χ4v) is 4.27. The maximum absolute atomic E-state index is 10.8. The van der Waals surface area contributed by atoms with Crippen LogP contribution in [0.15, 0.2) is 54.6 Å². The van der Waals surface area contributed by atoms with Gasteiger partial charge >= 0.3 is 0 Å². The lowest BCUT2D eigenvalue weighted by Gasteiger charge is -2.25. The van der Waals surface area contributed by atoms with Gasteiger partial charge in [-0.1, -0.05) is 82.2 Å². The van der Waals surface area contributed by atoms with E-state index in [-0.39, 0.29) is 5.92 Å². The molecule has 0 saturated heterocycles. The summed E-state index contributed by atoms with van der Waals surface area (Å²) in [7, 11) is 3.36. The number of hydrogen-bond donors (Lipinski definition) is 1. The van der Waals surface area contributed by atoms with Gasteiger partial charge in [0.15, 0.2) is 0 Å². The average Bonchev–Trinajstić information content (AvgIpc) is 2.82. The Bertz CT molecular complexity index is 775. The maximum atomic E-state index is 10.8. The summed E-state index contributed by atoms with van der Waals surface area (Å²) in [5.41, 5.74) is 3.40. The number of aliphatic hydroxyl groups excluding tert-OH is 1. The van der Waals surface area contributed by atoms with Crippen LogP contribution in [0.4, 0.5) is 0 Å². The minimum absolute atomic E-state index is 0.0941. The number of methoxy groups -OCH3 is 2. The van der Waals surface area contributed by atoms with Gasteiger partial charge in [0.25, 0.3) is 0 Å². The van der Waals surface area contributed by atoms with E-state index < -0.39 is 6.10 Å². The van der Waals surface area contributed by atoms with Gasteiger partial charge in [0.2, 0.25) is 0 Å². The first kappa shape index (κ1) is 26.0. The van der Waals surface area contributed by atoms with E-state index in [1.54, 1.807) is 14.2 Å². The van der Waals surface area contributed by atoms with Crippen LogP contribution in [0, 0.1) is 0 Å². The van der Waals surface area contributed by atoms with E-state index in [1.165, 1.54) is 56.9 Å². The van der Waals surface area contributed by atoms with Gasteiger partial charge in [-0.15, -0.1) is 0 Å². The van der Waals surface area contributed by atoms with E-state index in [9.17, 15) is 5.11 Å². The zero-order chi connectivity index (χ0) is 23.2. The third-order valence-electron chi connectivity index (χ3n) is 6.14. The number of rotatable bonds is 15. The molecule has 0 saturated carbocycles. The van der Waals surface area contributed by atoms with Crippen molar-refractivity contribution in [3.63, 3.8) is 0 Å². The van der Waals surface area contributed by atoms with Crippen molar-refractivity contribution in [3.8, 4) is 11.5 Å². The molecule has 0 heterocycles. The molecular formula is C29H42O3. The van der Waals surface area contributed by atoms with E-state index in [0.717, 1.165) is 29.0 Å². The second kappa shape index (κ2) is 14.7. The van der Waals surface area contributed by atoms with Crippen LogP contribution >= 0.6 is 0 Å². The fourth-order valence-electron chi connectivity index (χ4n) is 4.27. The minimum atomic E-state index is -0.504. The summed E-state index contributed by atoms with van der Waals surface area (Å²) in [6, 6.07) is 16.2. The number of ether oxygens (including phenoxy) is 2. The molecule has 0 bridgehead atoms. The molecule has 0 spiro atoms. The van der Waals surface area contributed by atoms with Crippen LogP contribution in [0.3, 0.4) is 0 Å². The van der Waals surface area contributed by atoms with Gasteiger partial charge in [0.1, 0.15) is 11.5 Å². The zero-order valence-electron chi connectivity index (χ0n) is 20.5. The maximum Gasteiger partial charge on any atom is 0.118 e. The number of unbranched alkanes of at least 4 members (excludes halogenated alkanes) is 8. The van der Waals surface area contributed by atoms with Gasteiger partial charge < -0.3 is 14.6 Å². The Morgan fingerprint density at radius 3 is 1.78 bits per heavy atom. The van der Waals surface area contributed by atoms with E-state index in [2.05, 4.69) is 37.3 Å². The lowest BCUT2D eigenvalue weighted by atomic mass is 9.82. The Labute approximate surface area is 195 Å². The molecule has 0 amide bonds. The fraction of sp³-hybridized carbons (Fsp3) is 0.517. The van der Waals surface area contributed by atoms with Crippen molar-refractivity contribution in [3.05, 3.63) is 65.7 Å². The molecule has 0 aliphatic rings. The van der Waals surface area contributed by atoms with E-state index >= 15 is 0 Å². The molecule has 3 nitrogen and oxygen atoms in total. The topological polar surface area (TPSA) is 38.7 Å². The van der Waals surface area contributed by atoms with Gasteiger partial charge in [-0.3, -0.25) is 0 Å². The minimum Gasteiger partial charge on any atom is -0.497 e. The first-order chi connectivity index (χ1) is 15.6. The molecule has 0 aliphatic carbocycles. The van der Waals surface area contributed by atoms with Crippen molar-refractivity contribution in [2.24, 2.45) is 0 Å². The first-order valence-corrected chi connectivity index (χ1v) is 12.3. The highest BCUT2D eigenvalue weighted by atomic mass is 16.5. The Balaban J connectivity index is 2.15. The summed E-state index contributed by atoms with van der Waals surface area (Å²) in [5, 5.41) is 10.8. The monoisotopic (exact) mass is 438 g/mol. The van der Waals surface area contributed by atoms with E-state index in [1.807, 2.05) is 31.2 Å². The highest BCUT2D eigenvalue weighted by Gasteiger charge is 2.23. The molecule has 32 heavy (non-hydrogen) atoms. The zero-order valence-corrected chi connectivity index (χ0v) is 20.5. The van der Waals surface area contributed by atoms with Crippen molar-refractivity contribution in [2.75, 3.05) is 14.2 Å². The van der Waals surface area contributed by atoms with Gasteiger partial charge in [-0.2, -0.15) is 0 Å². The van der Waals surface area contributed by atoms with Gasteiger partial charge in [0.05, 0.1) is 20.3 Å². The summed E-state index contributed by atoms with van der Waals surface area (Å²) in [4.78, 5) is 0. The molecule has 2 rings (SSSR count). The van der Waals surface area contributed by atoms with Crippen LogP contribution in [0.1, 0.15) is 88.7 Å². The summed E-state index contributed by atoms with van der Waals surface area (Å²) < 4.78 is 10.7. The molecule has 0 aromatic heterocycles. The first-order valence-electron chi connectivity index (χ1n) is 12.3. The van der Waals surface area contributed by atoms with Crippen LogP contribution in [-0.4, -0.2) is 25.4 Å². The molecule has 2 atom stereocenters. The Hall–Kier alpha value is -2.26. The molecule has 3 heteroatoms. The number of benzene rings is 2. The molecule has 2 aromatic carbocycles. The van der Waals surface area contributed by atoms with Crippen molar-refractivity contribution >= 4 is 5.57 Å². The van der Waals surface area contributed by atoms with Gasteiger partial charge in [0, 0.05) is 5.92 Å². The summed E-state index contributed by atoms with van der Waals surface area (Å²) in [5.74, 6) is 1.57. The highest BCUT2D eigenvalue weighted by Crippen LogP contribution is 2.37. The summed E-state index contributed by atoms with van der Waals surface area (Å²) >= 11 is 0. The second-order valence-electron chi connectivity index (χ2n) is 8.64. The predicted octanol–water partition coefficient (Wildman–Crippen LogP) is 7.78. The Morgan fingerprint density at radius 1 is 0.781 bits per heavy atom. The van der Waals surface area contributed by atoms with Crippen LogP contribution < -0.4 is 9.47 Å². The number of allylic oxidation sites excluding steroid dienone is 1. The molecule has 1 N–H and O–H groups in total. The Morgan fingerprint density at radius 2 is 1.28 bits per heavy atom. The van der Waals surface area contributed by atoms with Crippen LogP contribution in [0.25, 0.3) is 5.57 Å². The van der Waals surface area contributed by atoms with E-state index in [4.69, 9.17) is 9.47 Å². The van der Waals surface area contributed by atoms with Crippen LogP contribution in [0.5, 0.6) is 11.5 Å².